The molecule has 146 valence electrons. The van der Waals surface area contributed by atoms with E-state index in [1.54, 1.807) is 18.3 Å². The van der Waals surface area contributed by atoms with Gasteiger partial charge in [0.05, 0.1) is 15.7 Å². The van der Waals surface area contributed by atoms with Gasteiger partial charge in [0, 0.05) is 36.8 Å². The lowest BCUT2D eigenvalue weighted by Gasteiger charge is -2.25. The zero-order chi connectivity index (χ0) is 19.8. The second-order valence-corrected chi connectivity index (χ2v) is 7.70. The summed E-state index contributed by atoms with van der Waals surface area (Å²) in [6.07, 6.45) is 3.61. The molecule has 3 nitrogen and oxygen atoms in total. The van der Waals surface area contributed by atoms with Crippen LogP contribution < -0.4 is 4.90 Å². The van der Waals surface area contributed by atoms with Crippen LogP contribution in [0.1, 0.15) is 24.0 Å². The van der Waals surface area contributed by atoms with Gasteiger partial charge in [0.15, 0.2) is 5.75 Å². The summed E-state index contributed by atoms with van der Waals surface area (Å²) in [6, 6.07) is 9.40. The molecule has 0 unspecified atom stereocenters. The number of phenols is 1. The van der Waals surface area contributed by atoms with Crippen LogP contribution in [0.15, 0.2) is 35.3 Å². The zero-order valence-electron chi connectivity index (χ0n) is 15.1. The van der Waals surface area contributed by atoms with Crippen LogP contribution in [0.5, 0.6) is 5.75 Å². The number of hydrogen-bond donors (Lipinski definition) is 1. The third-order valence-electron chi connectivity index (χ3n) is 4.10. The Morgan fingerprint density at radius 3 is 2.11 bits per heavy atom. The monoisotopic (exact) mass is 446 g/mol. The molecule has 0 bridgehead atoms. The summed E-state index contributed by atoms with van der Waals surface area (Å²) in [5.41, 5.74) is 3.83. The van der Waals surface area contributed by atoms with Crippen molar-refractivity contribution in [3.05, 3.63) is 51.5 Å². The summed E-state index contributed by atoms with van der Waals surface area (Å²) >= 11 is 23.6. The minimum absolute atomic E-state index is 0.133. The molecule has 0 radical (unpaired) electrons. The number of alkyl halides is 2. The van der Waals surface area contributed by atoms with Gasteiger partial charge in [0.2, 0.25) is 0 Å². The van der Waals surface area contributed by atoms with Gasteiger partial charge in [-0.1, -0.05) is 29.3 Å². The number of phenolic OH excluding ortho intramolecular Hbond substituents is 1. The number of anilines is 1. The van der Waals surface area contributed by atoms with Crippen molar-refractivity contribution in [2.24, 2.45) is 4.99 Å². The molecule has 0 amide bonds. The van der Waals surface area contributed by atoms with Crippen LogP contribution in [0.4, 0.5) is 11.4 Å². The lowest BCUT2D eigenvalue weighted by Crippen LogP contribution is -2.26. The topological polar surface area (TPSA) is 35.8 Å². The summed E-state index contributed by atoms with van der Waals surface area (Å²) in [4.78, 5) is 6.72. The predicted molar refractivity (Wildman–Crippen MR) is 119 cm³/mol. The van der Waals surface area contributed by atoms with E-state index in [2.05, 4.69) is 22.0 Å². The van der Waals surface area contributed by atoms with Gasteiger partial charge in [-0.05, 0) is 55.2 Å². The fraction of sp³-hybridized carbons (Fsp3) is 0.350. The highest BCUT2D eigenvalue weighted by Gasteiger charge is 2.08. The Kier molecular flexibility index (Phi) is 9.04. The number of halogens is 4. The number of nitrogens with zero attached hydrogens (tertiary/aromatic N) is 2. The van der Waals surface area contributed by atoms with Crippen molar-refractivity contribution in [1.82, 2.24) is 0 Å². The SMILES string of the molecule is Cc1cc(N(CCCCl)CCCCl)ccc1C=Nc1cc(Cl)c(O)c(Cl)c1. The first-order chi connectivity index (χ1) is 13.0. The first kappa shape index (κ1) is 22.2. The number of aliphatic imine (C=N–C) groups is 1. The molecule has 0 saturated heterocycles. The minimum atomic E-state index is -0.133. The molecular formula is C20H22Cl4N2O. The van der Waals surface area contributed by atoms with Crippen LogP contribution in [0.2, 0.25) is 10.0 Å². The quantitative estimate of drug-likeness (QED) is 0.338. The summed E-state index contributed by atoms with van der Waals surface area (Å²) < 4.78 is 0. The Balaban J connectivity index is 2.19. The van der Waals surface area contributed by atoms with Crippen LogP contribution in [0.3, 0.4) is 0 Å². The highest BCUT2D eigenvalue weighted by atomic mass is 35.5. The predicted octanol–water partition coefficient (Wildman–Crippen LogP) is 6.82. The maximum absolute atomic E-state index is 9.63. The van der Waals surface area contributed by atoms with E-state index >= 15 is 0 Å². The normalized spacial score (nSPS) is 11.3. The second-order valence-electron chi connectivity index (χ2n) is 6.13. The van der Waals surface area contributed by atoms with E-state index < -0.39 is 0 Å². The molecule has 0 fully saturated rings. The smallest absolute Gasteiger partial charge is 0.152 e. The van der Waals surface area contributed by atoms with E-state index in [9.17, 15) is 5.11 Å². The molecule has 27 heavy (non-hydrogen) atoms. The average Bonchev–Trinajstić information content (AvgIpc) is 2.65. The minimum Gasteiger partial charge on any atom is -0.505 e. The fourth-order valence-electron chi connectivity index (χ4n) is 2.64. The summed E-state index contributed by atoms with van der Waals surface area (Å²) in [6.45, 7) is 3.85. The maximum Gasteiger partial charge on any atom is 0.152 e. The van der Waals surface area contributed by atoms with Gasteiger partial charge in [-0.3, -0.25) is 4.99 Å². The Morgan fingerprint density at radius 1 is 1.00 bits per heavy atom. The molecule has 2 aromatic carbocycles. The highest BCUT2D eigenvalue weighted by Crippen LogP contribution is 2.35. The number of benzene rings is 2. The van der Waals surface area contributed by atoms with E-state index in [-0.39, 0.29) is 15.8 Å². The van der Waals surface area contributed by atoms with Gasteiger partial charge < -0.3 is 10.0 Å². The molecule has 0 aromatic heterocycles. The van der Waals surface area contributed by atoms with Gasteiger partial charge >= 0.3 is 0 Å². The summed E-state index contributed by atoms with van der Waals surface area (Å²) in [7, 11) is 0. The second kappa shape index (κ2) is 11.0. The highest BCUT2D eigenvalue weighted by molar-refractivity contribution is 6.37. The van der Waals surface area contributed by atoms with Crippen molar-refractivity contribution >= 4 is 64.0 Å². The summed E-state index contributed by atoms with van der Waals surface area (Å²) in [5, 5.41) is 9.98. The van der Waals surface area contributed by atoms with Crippen molar-refractivity contribution in [2.75, 3.05) is 29.7 Å². The lowest BCUT2D eigenvalue weighted by atomic mass is 10.1. The van der Waals surface area contributed by atoms with E-state index in [4.69, 9.17) is 46.4 Å². The van der Waals surface area contributed by atoms with Crippen LogP contribution in [-0.4, -0.2) is 36.2 Å². The molecule has 7 heteroatoms. The number of aryl methyl sites for hydroxylation is 1. The van der Waals surface area contributed by atoms with Crippen molar-refractivity contribution in [1.29, 1.82) is 0 Å². The van der Waals surface area contributed by atoms with E-state index in [1.165, 1.54) is 0 Å². The molecule has 0 aliphatic rings. The fourth-order valence-corrected chi connectivity index (χ4v) is 3.36. The van der Waals surface area contributed by atoms with Crippen molar-refractivity contribution in [3.63, 3.8) is 0 Å². The Bertz CT molecular complexity index is 765. The van der Waals surface area contributed by atoms with Crippen molar-refractivity contribution in [2.45, 2.75) is 19.8 Å². The zero-order valence-corrected chi connectivity index (χ0v) is 18.1. The lowest BCUT2D eigenvalue weighted by molar-refractivity contribution is 0.476. The first-order valence-electron chi connectivity index (χ1n) is 8.66. The van der Waals surface area contributed by atoms with Gasteiger partial charge in [0.25, 0.3) is 0 Å². The number of hydrogen-bond acceptors (Lipinski definition) is 3. The standard InChI is InChI=1S/C20H22Cl4N2O/c1-14-10-17(26(8-2-6-21)9-3-7-22)5-4-15(14)13-25-16-11-18(23)20(27)19(24)12-16/h4-5,10-13,27H,2-3,6-9H2,1H3. The van der Waals surface area contributed by atoms with Gasteiger partial charge in [-0.2, -0.15) is 0 Å². The Morgan fingerprint density at radius 2 is 1.59 bits per heavy atom. The summed E-state index contributed by atoms with van der Waals surface area (Å²) in [5.74, 6) is 1.14. The van der Waals surface area contributed by atoms with Gasteiger partial charge in [-0.15, -0.1) is 23.2 Å². The maximum atomic E-state index is 9.63. The van der Waals surface area contributed by atoms with Gasteiger partial charge in [0.1, 0.15) is 0 Å². The van der Waals surface area contributed by atoms with Crippen LogP contribution in [0.25, 0.3) is 0 Å². The third kappa shape index (κ3) is 6.46. The van der Waals surface area contributed by atoms with Gasteiger partial charge in [-0.25, -0.2) is 0 Å². The molecule has 0 saturated carbocycles. The van der Waals surface area contributed by atoms with Crippen molar-refractivity contribution < 1.29 is 5.11 Å². The Labute approximate surface area is 180 Å². The van der Waals surface area contributed by atoms with Crippen LogP contribution in [-0.2, 0) is 0 Å². The van der Waals surface area contributed by atoms with E-state index in [1.807, 2.05) is 13.0 Å². The van der Waals surface area contributed by atoms with Crippen molar-refractivity contribution in [3.8, 4) is 5.75 Å². The molecule has 2 aromatic rings. The van der Waals surface area contributed by atoms with Crippen LogP contribution >= 0.6 is 46.4 Å². The van der Waals surface area contributed by atoms with Crippen LogP contribution in [0, 0.1) is 6.92 Å². The molecule has 0 aliphatic carbocycles. The van der Waals surface area contributed by atoms with E-state index in [0.29, 0.717) is 17.4 Å². The van der Waals surface area contributed by atoms with E-state index in [0.717, 1.165) is 42.7 Å². The number of aromatic hydroxyl groups is 1. The molecule has 0 heterocycles. The largest absolute Gasteiger partial charge is 0.505 e. The molecule has 1 N–H and O–H groups in total. The third-order valence-corrected chi connectivity index (χ3v) is 5.21. The molecular weight excluding hydrogens is 426 g/mol. The average molecular weight is 448 g/mol. The first-order valence-corrected chi connectivity index (χ1v) is 10.5. The Hall–Kier alpha value is -1.13. The molecule has 0 atom stereocenters. The molecule has 0 aliphatic heterocycles. The molecule has 2 rings (SSSR count). The number of rotatable bonds is 9. The molecule has 0 spiro atoms.